The highest BCUT2D eigenvalue weighted by atomic mass is 19.4. The normalized spacial score (nSPS) is 18.5. The Labute approximate surface area is 146 Å². The van der Waals surface area contributed by atoms with E-state index in [1.807, 2.05) is 5.32 Å². The number of carboxylic acid groups (broad SMARTS) is 1. The van der Waals surface area contributed by atoms with Crippen molar-refractivity contribution in [3.63, 3.8) is 0 Å². The molecule has 142 valence electrons. The molecule has 2 N–H and O–H groups in total. The van der Waals surface area contributed by atoms with Crippen LogP contribution < -0.4 is 15.0 Å². The van der Waals surface area contributed by atoms with Gasteiger partial charge < -0.3 is 20.1 Å². The summed E-state index contributed by atoms with van der Waals surface area (Å²) in [4.78, 5) is 36.6. The van der Waals surface area contributed by atoms with Crippen LogP contribution in [0.5, 0.6) is 5.75 Å². The molecule has 1 heterocycles. The van der Waals surface area contributed by atoms with Crippen molar-refractivity contribution in [1.82, 2.24) is 5.32 Å². The number of nitrogens with zero attached hydrogens (tertiary/aromatic N) is 1. The monoisotopic (exact) mass is 374 g/mol. The minimum atomic E-state index is -4.74. The standard InChI is InChI=1S/C16H17F3N2O5/c1-26-12-5-3-2-4-11(12)21-8-9(6-13(21)22)14(23)20-10(15(24)25)7-16(17,18)19/h2-5,9-10H,6-8H2,1H3,(H,20,23)(H,24,25). The minimum Gasteiger partial charge on any atom is -0.495 e. The van der Waals surface area contributed by atoms with Gasteiger partial charge in [-0.15, -0.1) is 0 Å². The molecule has 0 aromatic heterocycles. The van der Waals surface area contributed by atoms with Crippen molar-refractivity contribution < 1.29 is 37.4 Å². The molecular weight excluding hydrogens is 357 g/mol. The number of amides is 2. The fraction of sp³-hybridized carbons (Fsp3) is 0.438. The zero-order valence-corrected chi connectivity index (χ0v) is 13.7. The van der Waals surface area contributed by atoms with Gasteiger partial charge in [0, 0.05) is 13.0 Å². The first-order chi connectivity index (χ1) is 12.1. The van der Waals surface area contributed by atoms with Crippen LogP contribution in [0.15, 0.2) is 24.3 Å². The number of aliphatic carboxylic acids is 1. The predicted octanol–water partition coefficient (Wildman–Crippen LogP) is 1.57. The van der Waals surface area contributed by atoms with Crippen LogP contribution >= 0.6 is 0 Å². The van der Waals surface area contributed by atoms with Crippen LogP contribution in [0.4, 0.5) is 18.9 Å². The molecule has 2 amide bonds. The molecular formula is C16H17F3N2O5. The average Bonchev–Trinajstić information content (AvgIpc) is 2.94. The second-order valence-electron chi connectivity index (χ2n) is 5.80. The number of anilines is 1. The molecule has 1 aliphatic rings. The van der Waals surface area contributed by atoms with Gasteiger partial charge in [-0.25, -0.2) is 4.79 Å². The Morgan fingerprint density at radius 1 is 1.38 bits per heavy atom. The van der Waals surface area contributed by atoms with E-state index in [1.165, 1.54) is 12.0 Å². The predicted molar refractivity (Wildman–Crippen MR) is 83.7 cm³/mol. The number of ether oxygens (including phenoxy) is 1. The van der Waals surface area contributed by atoms with Crippen LogP contribution in [0.3, 0.4) is 0 Å². The third kappa shape index (κ3) is 4.64. The van der Waals surface area contributed by atoms with E-state index in [0.717, 1.165) is 0 Å². The smallest absolute Gasteiger partial charge is 0.391 e. The zero-order valence-electron chi connectivity index (χ0n) is 13.7. The van der Waals surface area contributed by atoms with Gasteiger partial charge in [-0.2, -0.15) is 13.2 Å². The summed E-state index contributed by atoms with van der Waals surface area (Å²) in [7, 11) is 1.41. The third-order valence-corrected chi connectivity index (χ3v) is 3.92. The summed E-state index contributed by atoms with van der Waals surface area (Å²) in [6, 6.07) is 4.50. The van der Waals surface area contributed by atoms with Crippen molar-refractivity contribution in [3.8, 4) is 5.75 Å². The third-order valence-electron chi connectivity index (χ3n) is 3.92. The largest absolute Gasteiger partial charge is 0.495 e. The lowest BCUT2D eigenvalue weighted by atomic mass is 10.1. The summed E-state index contributed by atoms with van der Waals surface area (Å²) in [5, 5.41) is 10.7. The number of carbonyl (C=O) groups excluding carboxylic acids is 2. The first-order valence-corrected chi connectivity index (χ1v) is 7.65. The number of para-hydroxylation sites is 2. The minimum absolute atomic E-state index is 0.0800. The van der Waals surface area contributed by atoms with E-state index in [0.29, 0.717) is 11.4 Å². The van der Waals surface area contributed by atoms with E-state index in [4.69, 9.17) is 9.84 Å². The number of hydrogen-bond acceptors (Lipinski definition) is 4. The van der Waals surface area contributed by atoms with Crippen LogP contribution in [0.1, 0.15) is 12.8 Å². The summed E-state index contributed by atoms with van der Waals surface area (Å²) >= 11 is 0. The molecule has 2 atom stereocenters. The number of methoxy groups -OCH3 is 1. The van der Waals surface area contributed by atoms with E-state index in [2.05, 4.69) is 0 Å². The molecule has 26 heavy (non-hydrogen) atoms. The van der Waals surface area contributed by atoms with Crippen LogP contribution in [-0.4, -0.2) is 48.8 Å². The Kier molecular flexibility index (Phi) is 5.73. The number of carbonyl (C=O) groups is 3. The Hall–Kier alpha value is -2.78. The first-order valence-electron chi connectivity index (χ1n) is 7.65. The molecule has 1 aliphatic heterocycles. The fourth-order valence-corrected chi connectivity index (χ4v) is 2.69. The lowest BCUT2D eigenvalue weighted by Crippen LogP contribution is -2.46. The van der Waals surface area contributed by atoms with Gasteiger partial charge in [-0.05, 0) is 12.1 Å². The highest BCUT2D eigenvalue weighted by Crippen LogP contribution is 2.33. The lowest BCUT2D eigenvalue weighted by molar-refractivity contribution is -0.160. The number of carboxylic acids is 1. The Bertz CT molecular complexity index is 707. The van der Waals surface area contributed by atoms with Gasteiger partial charge in [0.05, 0.1) is 25.1 Å². The van der Waals surface area contributed by atoms with E-state index in [9.17, 15) is 27.6 Å². The number of hydrogen-bond donors (Lipinski definition) is 2. The van der Waals surface area contributed by atoms with Gasteiger partial charge in [0.15, 0.2) is 0 Å². The molecule has 0 radical (unpaired) electrons. The number of halogens is 3. The molecule has 2 rings (SSSR count). The lowest BCUT2D eigenvalue weighted by Gasteiger charge is -2.20. The second kappa shape index (κ2) is 7.63. The summed E-state index contributed by atoms with van der Waals surface area (Å²) in [5.74, 6) is -3.66. The van der Waals surface area contributed by atoms with Gasteiger partial charge in [0.2, 0.25) is 11.8 Å². The highest BCUT2D eigenvalue weighted by Gasteiger charge is 2.40. The number of benzene rings is 1. The molecule has 7 nitrogen and oxygen atoms in total. The maximum Gasteiger partial charge on any atom is 0.391 e. The quantitative estimate of drug-likeness (QED) is 0.788. The van der Waals surface area contributed by atoms with Gasteiger partial charge in [-0.3, -0.25) is 9.59 Å². The SMILES string of the molecule is COc1ccccc1N1CC(C(=O)NC(CC(F)(F)F)C(=O)O)CC1=O. The Balaban J connectivity index is 2.09. The Morgan fingerprint density at radius 2 is 2.04 bits per heavy atom. The van der Waals surface area contributed by atoms with Gasteiger partial charge in [0.1, 0.15) is 11.8 Å². The highest BCUT2D eigenvalue weighted by molar-refractivity contribution is 6.01. The van der Waals surface area contributed by atoms with Crippen molar-refractivity contribution in [3.05, 3.63) is 24.3 Å². The van der Waals surface area contributed by atoms with Crippen molar-refractivity contribution in [2.45, 2.75) is 25.1 Å². The maximum absolute atomic E-state index is 12.4. The molecule has 2 unspecified atom stereocenters. The first kappa shape index (κ1) is 19.5. The topological polar surface area (TPSA) is 95.9 Å². The number of rotatable bonds is 6. The fourth-order valence-electron chi connectivity index (χ4n) is 2.69. The average molecular weight is 374 g/mol. The molecule has 1 aromatic rings. The van der Waals surface area contributed by atoms with Crippen molar-refractivity contribution >= 4 is 23.5 Å². The van der Waals surface area contributed by atoms with Crippen molar-refractivity contribution in [2.75, 3.05) is 18.6 Å². The molecule has 0 aliphatic carbocycles. The van der Waals surface area contributed by atoms with E-state index < -0.39 is 42.3 Å². The molecule has 1 saturated heterocycles. The van der Waals surface area contributed by atoms with Crippen LogP contribution in [-0.2, 0) is 14.4 Å². The molecule has 10 heteroatoms. The number of alkyl halides is 3. The van der Waals surface area contributed by atoms with Gasteiger partial charge in [-0.1, -0.05) is 12.1 Å². The summed E-state index contributed by atoms with van der Waals surface area (Å²) in [6.07, 6.45) is -6.67. The Morgan fingerprint density at radius 3 is 2.62 bits per heavy atom. The van der Waals surface area contributed by atoms with E-state index >= 15 is 0 Å². The van der Waals surface area contributed by atoms with Gasteiger partial charge in [0.25, 0.3) is 0 Å². The van der Waals surface area contributed by atoms with Gasteiger partial charge >= 0.3 is 12.1 Å². The molecule has 0 saturated carbocycles. The van der Waals surface area contributed by atoms with Crippen molar-refractivity contribution in [2.24, 2.45) is 5.92 Å². The molecule has 0 bridgehead atoms. The maximum atomic E-state index is 12.4. The van der Waals surface area contributed by atoms with E-state index in [1.54, 1.807) is 24.3 Å². The van der Waals surface area contributed by atoms with Crippen LogP contribution in [0.25, 0.3) is 0 Å². The zero-order chi connectivity index (χ0) is 19.5. The van der Waals surface area contributed by atoms with Crippen LogP contribution in [0, 0.1) is 5.92 Å². The molecule has 1 fully saturated rings. The summed E-state index contributed by atoms with van der Waals surface area (Å²) in [5.41, 5.74) is 0.431. The van der Waals surface area contributed by atoms with Crippen molar-refractivity contribution in [1.29, 1.82) is 0 Å². The molecule has 1 aromatic carbocycles. The molecule has 0 spiro atoms. The second-order valence-corrected chi connectivity index (χ2v) is 5.80. The van der Waals surface area contributed by atoms with Crippen LogP contribution in [0.2, 0.25) is 0 Å². The van der Waals surface area contributed by atoms with E-state index in [-0.39, 0.29) is 13.0 Å². The summed E-state index contributed by atoms with van der Waals surface area (Å²) < 4.78 is 42.5. The number of nitrogens with one attached hydrogen (secondary N) is 1. The summed E-state index contributed by atoms with van der Waals surface area (Å²) in [6.45, 7) is -0.0800.